The number of nitrogens with one attached hydrogen (secondary N) is 1. The van der Waals surface area contributed by atoms with Crippen LogP contribution >= 0.6 is 15.9 Å². The highest BCUT2D eigenvalue weighted by Crippen LogP contribution is 2.37. The summed E-state index contributed by atoms with van der Waals surface area (Å²) in [5.41, 5.74) is 1.49. The fourth-order valence-corrected chi connectivity index (χ4v) is 3.28. The van der Waals surface area contributed by atoms with Gasteiger partial charge in [0.05, 0.1) is 0 Å². The molecule has 21 heavy (non-hydrogen) atoms. The molecule has 1 aromatic carbocycles. The maximum atomic E-state index is 3.71. The normalized spacial score (nSPS) is 21.8. The van der Waals surface area contributed by atoms with E-state index < -0.39 is 0 Å². The van der Waals surface area contributed by atoms with Crippen LogP contribution < -0.4 is 5.32 Å². The molecule has 0 aliphatic heterocycles. The number of hydrogen-bond donors (Lipinski definition) is 1. The van der Waals surface area contributed by atoms with E-state index in [9.17, 15) is 0 Å². The van der Waals surface area contributed by atoms with Gasteiger partial charge in [-0.15, -0.1) is 0 Å². The molecule has 0 saturated heterocycles. The summed E-state index contributed by atoms with van der Waals surface area (Å²) >= 11 is 3.56. The van der Waals surface area contributed by atoms with Gasteiger partial charge in [-0.2, -0.15) is 0 Å². The minimum atomic E-state index is 0.663. The van der Waals surface area contributed by atoms with Gasteiger partial charge in [-0.05, 0) is 83.3 Å². The Morgan fingerprint density at radius 2 is 2.05 bits per heavy atom. The number of nitrogens with zero attached hydrogens (tertiary/aromatic N) is 1. The van der Waals surface area contributed by atoms with Crippen LogP contribution in [0.2, 0.25) is 0 Å². The summed E-state index contributed by atoms with van der Waals surface area (Å²) < 4.78 is 1.20. The Morgan fingerprint density at radius 3 is 2.71 bits per heavy atom. The summed E-state index contributed by atoms with van der Waals surface area (Å²) in [6.07, 6.45) is 5.17. The van der Waals surface area contributed by atoms with E-state index in [4.69, 9.17) is 0 Å². The van der Waals surface area contributed by atoms with E-state index in [1.165, 1.54) is 48.8 Å². The Labute approximate surface area is 138 Å². The Hall–Kier alpha value is -0.380. The number of rotatable bonds is 8. The number of unbranched alkanes of at least 4 members (excludes halogenated alkanes) is 1. The first-order chi connectivity index (χ1) is 10.1. The summed E-state index contributed by atoms with van der Waals surface area (Å²) in [4.78, 5) is 2.42. The SMILES string of the molecule is CC(C)N(C)CCCCNC1CC(c2cccc(Br)c2)C1. The minimum Gasteiger partial charge on any atom is -0.314 e. The molecule has 0 amide bonds. The van der Waals surface area contributed by atoms with Gasteiger partial charge in [-0.25, -0.2) is 0 Å². The molecule has 0 atom stereocenters. The monoisotopic (exact) mass is 352 g/mol. The molecule has 1 aliphatic carbocycles. The highest BCUT2D eigenvalue weighted by Gasteiger charge is 2.29. The van der Waals surface area contributed by atoms with Crippen molar-refractivity contribution in [3.63, 3.8) is 0 Å². The van der Waals surface area contributed by atoms with E-state index in [2.05, 4.69) is 71.3 Å². The van der Waals surface area contributed by atoms with Crippen LogP contribution in [0.1, 0.15) is 51.0 Å². The van der Waals surface area contributed by atoms with E-state index in [1.54, 1.807) is 0 Å². The molecule has 1 N–H and O–H groups in total. The molecule has 2 nitrogen and oxygen atoms in total. The van der Waals surface area contributed by atoms with Crippen molar-refractivity contribution in [1.29, 1.82) is 0 Å². The maximum Gasteiger partial charge on any atom is 0.0178 e. The predicted molar refractivity (Wildman–Crippen MR) is 94.9 cm³/mol. The van der Waals surface area contributed by atoms with Crippen molar-refractivity contribution in [2.45, 2.75) is 57.5 Å². The lowest BCUT2D eigenvalue weighted by Gasteiger charge is -2.36. The van der Waals surface area contributed by atoms with Crippen molar-refractivity contribution in [3.8, 4) is 0 Å². The second-order valence-corrected chi connectivity index (χ2v) is 7.57. The fourth-order valence-electron chi connectivity index (χ4n) is 2.87. The zero-order valence-electron chi connectivity index (χ0n) is 13.6. The summed E-state index contributed by atoms with van der Waals surface area (Å²) in [6, 6.07) is 10.2. The minimum absolute atomic E-state index is 0.663. The van der Waals surface area contributed by atoms with Crippen molar-refractivity contribution < 1.29 is 0 Å². The lowest BCUT2D eigenvalue weighted by atomic mass is 9.76. The Balaban J connectivity index is 1.55. The highest BCUT2D eigenvalue weighted by atomic mass is 79.9. The molecule has 0 aromatic heterocycles. The lowest BCUT2D eigenvalue weighted by Crippen LogP contribution is -2.40. The van der Waals surface area contributed by atoms with E-state index in [1.807, 2.05) is 0 Å². The van der Waals surface area contributed by atoms with Gasteiger partial charge in [0.15, 0.2) is 0 Å². The average molecular weight is 353 g/mol. The van der Waals surface area contributed by atoms with Crippen molar-refractivity contribution in [1.82, 2.24) is 10.2 Å². The first kappa shape index (κ1) is 17.0. The van der Waals surface area contributed by atoms with Crippen LogP contribution in [-0.4, -0.2) is 37.1 Å². The van der Waals surface area contributed by atoms with Gasteiger partial charge < -0.3 is 10.2 Å². The zero-order valence-corrected chi connectivity index (χ0v) is 15.2. The van der Waals surface area contributed by atoms with Crippen LogP contribution in [0.15, 0.2) is 28.7 Å². The third-order valence-electron chi connectivity index (χ3n) is 4.71. The molecule has 1 saturated carbocycles. The molecule has 3 heteroatoms. The summed E-state index contributed by atoms with van der Waals surface area (Å²) in [5, 5.41) is 3.71. The predicted octanol–water partition coefficient (Wildman–Crippen LogP) is 4.41. The van der Waals surface area contributed by atoms with Gasteiger partial charge in [0.1, 0.15) is 0 Å². The van der Waals surface area contributed by atoms with E-state index in [-0.39, 0.29) is 0 Å². The molecule has 0 spiro atoms. The van der Waals surface area contributed by atoms with Crippen LogP contribution in [0.4, 0.5) is 0 Å². The van der Waals surface area contributed by atoms with Crippen LogP contribution in [0.25, 0.3) is 0 Å². The van der Waals surface area contributed by atoms with Gasteiger partial charge in [-0.1, -0.05) is 28.1 Å². The molecule has 0 bridgehead atoms. The van der Waals surface area contributed by atoms with Gasteiger partial charge in [0, 0.05) is 16.6 Å². The number of halogens is 1. The Bertz CT molecular complexity index is 427. The third-order valence-corrected chi connectivity index (χ3v) is 5.20. The highest BCUT2D eigenvalue weighted by molar-refractivity contribution is 9.10. The Morgan fingerprint density at radius 1 is 1.29 bits per heavy atom. The van der Waals surface area contributed by atoms with Crippen molar-refractivity contribution >= 4 is 15.9 Å². The van der Waals surface area contributed by atoms with Gasteiger partial charge in [0.2, 0.25) is 0 Å². The van der Waals surface area contributed by atoms with Crippen LogP contribution in [0.5, 0.6) is 0 Å². The lowest BCUT2D eigenvalue weighted by molar-refractivity contribution is 0.260. The fraction of sp³-hybridized carbons (Fsp3) is 0.667. The van der Waals surface area contributed by atoms with E-state index in [0.717, 1.165) is 12.0 Å². The van der Waals surface area contributed by atoms with E-state index in [0.29, 0.717) is 6.04 Å². The summed E-state index contributed by atoms with van der Waals surface area (Å²) in [6.45, 7) is 6.90. The summed E-state index contributed by atoms with van der Waals surface area (Å²) in [5.74, 6) is 0.757. The first-order valence-electron chi connectivity index (χ1n) is 8.25. The molecule has 1 fully saturated rings. The molecule has 0 unspecified atom stereocenters. The van der Waals surface area contributed by atoms with E-state index >= 15 is 0 Å². The average Bonchev–Trinajstić information content (AvgIpc) is 2.39. The van der Waals surface area contributed by atoms with Crippen LogP contribution in [0, 0.1) is 0 Å². The summed E-state index contributed by atoms with van der Waals surface area (Å²) in [7, 11) is 2.21. The quantitative estimate of drug-likeness (QED) is 0.697. The van der Waals surface area contributed by atoms with Gasteiger partial charge in [-0.3, -0.25) is 0 Å². The third kappa shape index (κ3) is 5.39. The standard InChI is InChI=1S/C18H29BrN2/c1-14(2)21(3)10-5-4-9-20-18-12-16(13-18)15-7-6-8-17(19)11-15/h6-8,11,14,16,18,20H,4-5,9-10,12-13H2,1-3H3. The molecule has 0 radical (unpaired) electrons. The van der Waals surface area contributed by atoms with Gasteiger partial charge >= 0.3 is 0 Å². The molecule has 1 aromatic rings. The second kappa shape index (κ2) is 8.30. The van der Waals surface area contributed by atoms with Crippen LogP contribution in [-0.2, 0) is 0 Å². The largest absolute Gasteiger partial charge is 0.314 e. The second-order valence-electron chi connectivity index (χ2n) is 6.66. The van der Waals surface area contributed by atoms with Crippen molar-refractivity contribution in [3.05, 3.63) is 34.3 Å². The number of hydrogen-bond acceptors (Lipinski definition) is 2. The smallest absolute Gasteiger partial charge is 0.0178 e. The van der Waals surface area contributed by atoms with Crippen molar-refractivity contribution in [2.24, 2.45) is 0 Å². The molecular formula is C18H29BrN2. The molecular weight excluding hydrogens is 324 g/mol. The molecule has 0 heterocycles. The molecule has 118 valence electrons. The zero-order chi connectivity index (χ0) is 15.2. The van der Waals surface area contributed by atoms with Crippen molar-refractivity contribution in [2.75, 3.05) is 20.1 Å². The number of benzene rings is 1. The Kier molecular flexibility index (Phi) is 6.72. The first-order valence-corrected chi connectivity index (χ1v) is 9.04. The molecule has 2 rings (SSSR count). The van der Waals surface area contributed by atoms with Crippen LogP contribution in [0.3, 0.4) is 0 Å². The maximum absolute atomic E-state index is 3.71. The van der Waals surface area contributed by atoms with Gasteiger partial charge in [0.25, 0.3) is 0 Å². The molecule has 1 aliphatic rings. The topological polar surface area (TPSA) is 15.3 Å².